The van der Waals surface area contributed by atoms with Gasteiger partial charge < -0.3 is 18.9 Å². The molecule has 0 amide bonds. The van der Waals surface area contributed by atoms with Crippen molar-refractivity contribution in [2.45, 2.75) is 12.1 Å². The first kappa shape index (κ1) is 14.2. The number of hydrogen-bond acceptors (Lipinski definition) is 6. The minimum absolute atomic E-state index is 0.106. The molecule has 0 N–H and O–H groups in total. The second-order valence-corrected chi connectivity index (χ2v) is 5.11. The van der Waals surface area contributed by atoms with Crippen molar-refractivity contribution in [1.82, 2.24) is 4.90 Å². The predicted molar refractivity (Wildman–Crippen MR) is 74.5 cm³/mol. The van der Waals surface area contributed by atoms with E-state index in [1.807, 2.05) is 29.2 Å². The lowest BCUT2D eigenvalue weighted by Crippen LogP contribution is -2.54. The molecule has 2 aliphatic rings. The fourth-order valence-corrected chi connectivity index (χ4v) is 2.62. The van der Waals surface area contributed by atoms with Gasteiger partial charge in [0.15, 0.2) is 11.5 Å². The van der Waals surface area contributed by atoms with E-state index in [-0.39, 0.29) is 18.1 Å². The number of fused-ring (bicyclic) bond motifs is 1. The minimum Gasteiger partial charge on any atom is -0.486 e. The van der Waals surface area contributed by atoms with Crippen molar-refractivity contribution in [2.75, 3.05) is 40.0 Å². The zero-order valence-corrected chi connectivity index (χ0v) is 12.0. The van der Waals surface area contributed by atoms with Gasteiger partial charge in [0.1, 0.15) is 18.8 Å². The monoisotopic (exact) mass is 293 g/mol. The summed E-state index contributed by atoms with van der Waals surface area (Å²) in [4.78, 5) is 13.8. The molecular formula is C15H19NO5. The summed E-state index contributed by atoms with van der Waals surface area (Å²) >= 11 is 0. The SMILES string of the molecule is COC(=O)C1COCCN1CC1COc2ccccc2O1. The van der Waals surface area contributed by atoms with Crippen LogP contribution in [0.1, 0.15) is 0 Å². The second-order valence-electron chi connectivity index (χ2n) is 5.11. The van der Waals surface area contributed by atoms with Gasteiger partial charge in [0, 0.05) is 13.1 Å². The van der Waals surface area contributed by atoms with E-state index in [1.54, 1.807) is 0 Å². The van der Waals surface area contributed by atoms with Gasteiger partial charge in [0.05, 0.1) is 20.3 Å². The highest BCUT2D eigenvalue weighted by atomic mass is 16.6. The average molecular weight is 293 g/mol. The molecule has 1 aromatic rings. The molecule has 6 nitrogen and oxygen atoms in total. The van der Waals surface area contributed by atoms with Crippen molar-refractivity contribution in [1.29, 1.82) is 0 Å². The summed E-state index contributed by atoms with van der Waals surface area (Å²) < 4.78 is 21.8. The molecule has 2 heterocycles. The van der Waals surface area contributed by atoms with E-state index in [0.29, 0.717) is 32.9 Å². The molecule has 0 bridgehead atoms. The van der Waals surface area contributed by atoms with Crippen LogP contribution in [0.4, 0.5) is 0 Å². The molecule has 0 radical (unpaired) electrons. The number of para-hydroxylation sites is 2. The highest BCUT2D eigenvalue weighted by molar-refractivity contribution is 5.75. The molecule has 1 fully saturated rings. The van der Waals surface area contributed by atoms with Crippen LogP contribution >= 0.6 is 0 Å². The molecule has 3 rings (SSSR count). The lowest BCUT2D eigenvalue weighted by atomic mass is 10.2. The standard InChI is InChI=1S/C15H19NO5/c1-18-15(17)12-10-19-7-6-16(12)8-11-9-20-13-4-2-3-5-14(13)21-11/h2-5,11-12H,6-10H2,1H3. The van der Waals surface area contributed by atoms with Crippen LogP contribution in [0.3, 0.4) is 0 Å². The van der Waals surface area contributed by atoms with E-state index in [0.717, 1.165) is 11.5 Å². The van der Waals surface area contributed by atoms with E-state index >= 15 is 0 Å². The first-order valence-corrected chi connectivity index (χ1v) is 7.06. The summed E-state index contributed by atoms with van der Waals surface area (Å²) in [6.07, 6.45) is -0.106. The van der Waals surface area contributed by atoms with Crippen molar-refractivity contribution in [3.63, 3.8) is 0 Å². The Morgan fingerprint density at radius 1 is 1.33 bits per heavy atom. The van der Waals surface area contributed by atoms with Crippen LogP contribution in [0.2, 0.25) is 0 Å². The summed E-state index contributed by atoms with van der Waals surface area (Å²) in [5, 5.41) is 0. The second kappa shape index (κ2) is 6.32. The van der Waals surface area contributed by atoms with E-state index in [9.17, 15) is 4.79 Å². The number of carbonyl (C=O) groups is 1. The Hall–Kier alpha value is -1.79. The number of rotatable bonds is 3. The van der Waals surface area contributed by atoms with Gasteiger partial charge in [-0.1, -0.05) is 12.1 Å². The van der Waals surface area contributed by atoms with Crippen LogP contribution in [0.15, 0.2) is 24.3 Å². The quantitative estimate of drug-likeness (QED) is 0.765. The summed E-state index contributed by atoms with van der Waals surface area (Å²) in [5.41, 5.74) is 0. The highest BCUT2D eigenvalue weighted by Gasteiger charge is 2.33. The Morgan fingerprint density at radius 2 is 2.14 bits per heavy atom. The van der Waals surface area contributed by atoms with Crippen molar-refractivity contribution in [3.05, 3.63) is 24.3 Å². The maximum Gasteiger partial charge on any atom is 0.325 e. The zero-order valence-electron chi connectivity index (χ0n) is 12.0. The predicted octanol–water partition coefficient (Wildman–Crippen LogP) is 0.700. The lowest BCUT2D eigenvalue weighted by molar-refractivity contribution is -0.154. The number of ether oxygens (including phenoxy) is 4. The molecule has 0 aliphatic carbocycles. The van der Waals surface area contributed by atoms with E-state index in [2.05, 4.69) is 0 Å². The molecule has 0 saturated carbocycles. The number of benzene rings is 1. The van der Waals surface area contributed by atoms with Crippen LogP contribution in [0.25, 0.3) is 0 Å². The third kappa shape index (κ3) is 3.11. The third-order valence-corrected chi connectivity index (χ3v) is 3.72. The smallest absolute Gasteiger partial charge is 0.325 e. The van der Waals surface area contributed by atoms with Gasteiger partial charge in [-0.25, -0.2) is 0 Å². The van der Waals surface area contributed by atoms with E-state index < -0.39 is 0 Å². The van der Waals surface area contributed by atoms with Crippen LogP contribution in [0, 0.1) is 0 Å². The van der Waals surface area contributed by atoms with Crippen LogP contribution in [0.5, 0.6) is 11.5 Å². The molecule has 21 heavy (non-hydrogen) atoms. The molecule has 2 aliphatic heterocycles. The topological polar surface area (TPSA) is 57.2 Å². The largest absolute Gasteiger partial charge is 0.486 e. The van der Waals surface area contributed by atoms with Gasteiger partial charge in [-0.2, -0.15) is 0 Å². The summed E-state index contributed by atoms with van der Waals surface area (Å²) in [7, 11) is 1.39. The first-order chi connectivity index (χ1) is 10.3. The van der Waals surface area contributed by atoms with Gasteiger partial charge in [0.25, 0.3) is 0 Å². The van der Waals surface area contributed by atoms with E-state index in [1.165, 1.54) is 7.11 Å². The Bertz CT molecular complexity index is 507. The van der Waals surface area contributed by atoms with Crippen LogP contribution < -0.4 is 9.47 Å². The van der Waals surface area contributed by atoms with Gasteiger partial charge in [-0.05, 0) is 12.1 Å². The maximum absolute atomic E-state index is 11.8. The molecule has 1 saturated heterocycles. The maximum atomic E-state index is 11.8. The normalized spacial score (nSPS) is 25.4. The molecular weight excluding hydrogens is 274 g/mol. The number of carbonyl (C=O) groups excluding carboxylic acids is 1. The van der Waals surface area contributed by atoms with E-state index in [4.69, 9.17) is 18.9 Å². The van der Waals surface area contributed by atoms with Crippen molar-refractivity contribution >= 4 is 5.97 Å². The Kier molecular flexibility index (Phi) is 4.26. The number of morpholine rings is 1. The summed E-state index contributed by atoms with van der Waals surface area (Å²) in [6, 6.07) is 7.23. The molecule has 0 spiro atoms. The number of hydrogen-bond donors (Lipinski definition) is 0. The Morgan fingerprint density at radius 3 is 2.95 bits per heavy atom. The zero-order chi connectivity index (χ0) is 14.7. The highest BCUT2D eigenvalue weighted by Crippen LogP contribution is 2.31. The minimum atomic E-state index is -0.371. The van der Waals surface area contributed by atoms with Gasteiger partial charge in [0.2, 0.25) is 0 Å². The first-order valence-electron chi connectivity index (χ1n) is 7.06. The van der Waals surface area contributed by atoms with Gasteiger partial charge in [-0.15, -0.1) is 0 Å². The number of nitrogens with zero attached hydrogens (tertiary/aromatic N) is 1. The van der Waals surface area contributed by atoms with Crippen LogP contribution in [-0.4, -0.2) is 63.0 Å². The fourth-order valence-electron chi connectivity index (χ4n) is 2.62. The summed E-state index contributed by atoms with van der Waals surface area (Å²) in [5.74, 6) is 1.24. The van der Waals surface area contributed by atoms with Crippen molar-refractivity contribution < 1.29 is 23.7 Å². The fraction of sp³-hybridized carbons (Fsp3) is 0.533. The number of esters is 1. The molecule has 0 aromatic heterocycles. The summed E-state index contributed by atoms with van der Waals surface area (Å²) in [6.45, 7) is 2.73. The Labute approximate surface area is 123 Å². The third-order valence-electron chi connectivity index (χ3n) is 3.72. The molecule has 114 valence electrons. The Balaban J connectivity index is 1.64. The molecule has 2 unspecified atom stereocenters. The van der Waals surface area contributed by atoms with Crippen molar-refractivity contribution in [2.24, 2.45) is 0 Å². The van der Waals surface area contributed by atoms with Gasteiger partial charge >= 0.3 is 5.97 Å². The molecule has 6 heteroatoms. The molecule has 1 aromatic carbocycles. The van der Waals surface area contributed by atoms with Crippen molar-refractivity contribution in [3.8, 4) is 11.5 Å². The lowest BCUT2D eigenvalue weighted by Gasteiger charge is -2.37. The van der Waals surface area contributed by atoms with Crippen LogP contribution in [-0.2, 0) is 14.3 Å². The van der Waals surface area contributed by atoms with Gasteiger partial charge in [-0.3, -0.25) is 9.69 Å². The molecule has 2 atom stereocenters. The average Bonchev–Trinajstić information content (AvgIpc) is 2.54. The number of methoxy groups -OCH3 is 1.